The van der Waals surface area contributed by atoms with Crippen LogP contribution in [0.1, 0.15) is 24.0 Å². The SMILES string of the molecule is OCC#Cc1ccc(COC2CCOCC2)cc1. The first-order valence-corrected chi connectivity index (χ1v) is 6.26. The molecule has 2 rings (SSSR count). The van der Waals surface area contributed by atoms with Crippen LogP contribution in [-0.4, -0.2) is 31.0 Å². The van der Waals surface area contributed by atoms with Crippen molar-refractivity contribution in [1.29, 1.82) is 0 Å². The number of aliphatic hydroxyl groups excluding tert-OH is 1. The summed E-state index contributed by atoms with van der Waals surface area (Å²) >= 11 is 0. The molecule has 0 aliphatic carbocycles. The summed E-state index contributed by atoms with van der Waals surface area (Å²) in [7, 11) is 0. The summed E-state index contributed by atoms with van der Waals surface area (Å²) in [6.45, 7) is 2.15. The van der Waals surface area contributed by atoms with Gasteiger partial charge >= 0.3 is 0 Å². The van der Waals surface area contributed by atoms with E-state index in [1.807, 2.05) is 24.3 Å². The highest BCUT2D eigenvalue weighted by molar-refractivity contribution is 5.36. The maximum Gasteiger partial charge on any atom is 0.104 e. The van der Waals surface area contributed by atoms with E-state index in [2.05, 4.69) is 11.8 Å². The van der Waals surface area contributed by atoms with E-state index in [1.54, 1.807) is 0 Å². The molecule has 1 aliphatic rings. The van der Waals surface area contributed by atoms with Crippen molar-refractivity contribution in [2.24, 2.45) is 0 Å². The van der Waals surface area contributed by atoms with Crippen LogP contribution in [0, 0.1) is 11.8 Å². The van der Waals surface area contributed by atoms with E-state index in [0.29, 0.717) is 12.7 Å². The van der Waals surface area contributed by atoms with E-state index in [0.717, 1.165) is 37.2 Å². The van der Waals surface area contributed by atoms with Crippen LogP contribution in [0.3, 0.4) is 0 Å². The normalized spacial score (nSPS) is 16.1. The molecule has 1 heterocycles. The maximum absolute atomic E-state index is 8.61. The van der Waals surface area contributed by atoms with Crippen LogP contribution in [-0.2, 0) is 16.1 Å². The third-order valence-corrected chi connectivity index (χ3v) is 2.92. The Morgan fingerprint density at radius 2 is 1.94 bits per heavy atom. The zero-order valence-corrected chi connectivity index (χ0v) is 10.4. The Morgan fingerprint density at radius 1 is 1.22 bits per heavy atom. The van der Waals surface area contributed by atoms with Gasteiger partial charge in [-0.1, -0.05) is 24.0 Å². The van der Waals surface area contributed by atoms with Crippen LogP contribution in [0.2, 0.25) is 0 Å². The Balaban J connectivity index is 1.82. The molecule has 1 aromatic rings. The van der Waals surface area contributed by atoms with E-state index >= 15 is 0 Å². The molecule has 3 nitrogen and oxygen atoms in total. The Kier molecular flexibility index (Phi) is 5.22. The van der Waals surface area contributed by atoms with Gasteiger partial charge in [-0.2, -0.15) is 0 Å². The van der Waals surface area contributed by atoms with Crippen molar-refractivity contribution < 1.29 is 14.6 Å². The lowest BCUT2D eigenvalue weighted by molar-refractivity contribution is -0.0390. The highest BCUT2D eigenvalue weighted by atomic mass is 16.5. The average molecular weight is 246 g/mol. The number of hydrogen-bond donors (Lipinski definition) is 1. The molecule has 3 heteroatoms. The van der Waals surface area contributed by atoms with Gasteiger partial charge in [-0.05, 0) is 30.5 Å². The highest BCUT2D eigenvalue weighted by Crippen LogP contribution is 2.13. The van der Waals surface area contributed by atoms with Gasteiger partial charge in [-0.25, -0.2) is 0 Å². The van der Waals surface area contributed by atoms with Gasteiger partial charge in [0.25, 0.3) is 0 Å². The molecule has 0 radical (unpaired) electrons. The lowest BCUT2D eigenvalue weighted by Crippen LogP contribution is -2.23. The smallest absolute Gasteiger partial charge is 0.104 e. The summed E-state index contributed by atoms with van der Waals surface area (Å²) in [6, 6.07) is 7.93. The molecule has 0 aromatic heterocycles. The number of hydrogen-bond acceptors (Lipinski definition) is 3. The van der Waals surface area contributed by atoms with Gasteiger partial charge in [0.1, 0.15) is 6.61 Å². The Morgan fingerprint density at radius 3 is 2.61 bits per heavy atom. The van der Waals surface area contributed by atoms with Crippen LogP contribution in [0.5, 0.6) is 0 Å². The van der Waals surface area contributed by atoms with Crippen LogP contribution < -0.4 is 0 Å². The average Bonchev–Trinajstić information content (AvgIpc) is 2.45. The zero-order valence-electron chi connectivity index (χ0n) is 10.4. The topological polar surface area (TPSA) is 38.7 Å². The molecule has 1 saturated heterocycles. The van der Waals surface area contributed by atoms with Crippen molar-refractivity contribution in [2.75, 3.05) is 19.8 Å². The summed E-state index contributed by atoms with van der Waals surface area (Å²) in [5.41, 5.74) is 2.06. The fourth-order valence-corrected chi connectivity index (χ4v) is 1.88. The second-order valence-electron chi connectivity index (χ2n) is 4.28. The molecule has 96 valence electrons. The molecular formula is C15H18O3. The predicted octanol–water partition coefficient (Wildman–Crippen LogP) is 1.73. The van der Waals surface area contributed by atoms with Crippen molar-refractivity contribution in [1.82, 2.24) is 0 Å². The third kappa shape index (κ3) is 4.15. The monoisotopic (exact) mass is 246 g/mol. The quantitative estimate of drug-likeness (QED) is 0.825. The minimum atomic E-state index is -0.103. The standard InChI is InChI=1S/C15H18O3/c16-9-1-2-13-3-5-14(6-4-13)12-18-15-7-10-17-11-8-15/h3-6,15-16H,7-12H2. The van der Waals surface area contributed by atoms with Gasteiger partial charge in [0.2, 0.25) is 0 Å². The summed E-state index contributed by atoms with van der Waals surface area (Å²) in [6.07, 6.45) is 2.30. The molecule has 1 aliphatic heterocycles. The minimum absolute atomic E-state index is 0.103. The number of rotatable bonds is 3. The Bertz CT molecular complexity index is 408. The molecule has 1 aromatic carbocycles. The Labute approximate surface area is 108 Å². The zero-order chi connectivity index (χ0) is 12.6. The van der Waals surface area contributed by atoms with Gasteiger partial charge in [-0.3, -0.25) is 0 Å². The predicted molar refractivity (Wildman–Crippen MR) is 69.0 cm³/mol. The number of benzene rings is 1. The van der Waals surface area contributed by atoms with E-state index in [4.69, 9.17) is 14.6 Å². The largest absolute Gasteiger partial charge is 0.384 e. The van der Waals surface area contributed by atoms with E-state index < -0.39 is 0 Å². The highest BCUT2D eigenvalue weighted by Gasteiger charge is 2.13. The first-order valence-electron chi connectivity index (χ1n) is 6.26. The minimum Gasteiger partial charge on any atom is -0.384 e. The van der Waals surface area contributed by atoms with E-state index in [1.165, 1.54) is 0 Å². The fourth-order valence-electron chi connectivity index (χ4n) is 1.88. The summed E-state index contributed by atoms with van der Waals surface area (Å²) in [5, 5.41) is 8.61. The van der Waals surface area contributed by atoms with E-state index in [-0.39, 0.29) is 6.61 Å². The van der Waals surface area contributed by atoms with Crippen molar-refractivity contribution >= 4 is 0 Å². The molecule has 18 heavy (non-hydrogen) atoms. The van der Waals surface area contributed by atoms with Gasteiger partial charge in [-0.15, -0.1) is 0 Å². The Hall–Kier alpha value is -1.34. The lowest BCUT2D eigenvalue weighted by Gasteiger charge is -2.22. The van der Waals surface area contributed by atoms with Crippen LogP contribution in [0.4, 0.5) is 0 Å². The van der Waals surface area contributed by atoms with Crippen LogP contribution >= 0.6 is 0 Å². The second-order valence-corrected chi connectivity index (χ2v) is 4.28. The molecule has 0 atom stereocenters. The summed E-state index contributed by atoms with van der Waals surface area (Å²) < 4.78 is 11.1. The molecule has 1 fully saturated rings. The van der Waals surface area contributed by atoms with Crippen LogP contribution in [0.15, 0.2) is 24.3 Å². The molecule has 0 unspecified atom stereocenters. The molecule has 1 N–H and O–H groups in total. The van der Waals surface area contributed by atoms with Crippen molar-refractivity contribution in [2.45, 2.75) is 25.6 Å². The second kappa shape index (κ2) is 7.17. The summed E-state index contributed by atoms with van der Waals surface area (Å²) in [5.74, 6) is 5.50. The fraction of sp³-hybridized carbons (Fsp3) is 0.467. The molecule has 0 bridgehead atoms. The molecule has 0 amide bonds. The van der Waals surface area contributed by atoms with Crippen molar-refractivity contribution in [3.05, 3.63) is 35.4 Å². The third-order valence-electron chi connectivity index (χ3n) is 2.92. The number of aliphatic hydroxyl groups is 1. The summed E-state index contributed by atoms with van der Waals surface area (Å²) in [4.78, 5) is 0. The lowest BCUT2D eigenvalue weighted by atomic mass is 10.1. The molecule has 0 saturated carbocycles. The van der Waals surface area contributed by atoms with Gasteiger partial charge in [0.15, 0.2) is 0 Å². The first-order chi connectivity index (χ1) is 8.88. The van der Waals surface area contributed by atoms with Crippen LogP contribution in [0.25, 0.3) is 0 Å². The maximum atomic E-state index is 8.61. The molecular weight excluding hydrogens is 228 g/mol. The molecule has 0 spiro atoms. The first kappa shape index (κ1) is 13.1. The van der Waals surface area contributed by atoms with E-state index in [9.17, 15) is 0 Å². The van der Waals surface area contributed by atoms with Crippen molar-refractivity contribution in [3.8, 4) is 11.8 Å². The van der Waals surface area contributed by atoms with Gasteiger partial charge in [0.05, 0.1) is 12.7 Å². The van der Waals surface area contributed by atoms with Gasteiger partial charge < -0.3 is 14.6 Å². The number of ether oxygens (including phenoxy) is 2. The van der Waals surface area contributed by atoms with Gasteiger partial charge in [0, 0.05) is 18.8 Å². The van der Waals surface area contributed by atoms with Crippen molar-refractivity contribution in [3.63, 3.8) is 0 Å².